The zero-order chi connectivity index (χ0) is 14.2. The first-order valence-corrected chi connectivity index (χ1v) is 6.91. The Labute approximate surface area is 118 Å². The molecule has 0 bridgehead atoms. The number of hydrogen-bond acceptors (Lipinski definition) is 4. The van der Waals surface area contributed by atoms with Crippen molar-refractivity contribution in [3.63, 3.8) is 0 Å². The third-order valence-corrected chi connectivity index (χ3v) is 3.16. The Morgan fingerprint density at radius 3 is 2.85 bits per heavy atom. The molecule has 1 saturated heterocycles. The van der Waals surface area contributed by atoms with Crippen molar-refractivity contribution in [1.82, 2.24) is 0 Å². The van der Waals surface area contributed by atoms with Crippen LogP contribution in [0.4, 0.5) is 0 Å². The first kappa shape index (κ1) is 14.8. The standard InChI is InChI=1S/C15H20O5/c16-15(17)12-3-1-4-14(11-12)20-8-2-7-19-13-5-9-18-10-6-13/h1,3-4,11,13H,2,5-10H2,(H,16,17). The van der Waals surface area contributed by atoms with Gasteiger partial charge in [-0.1, -0.05) is 6.07 Å². The molecule has 0 radical (unpaired) electrons. The number of benzene rings is 1. The maximum absolute atomic E-state index is 10.8. The van der Waals surface area contributed by atoms with E-state index in [9.17, 15) is 4.79 Å². The van der Waals surface area contributed by atoms with Crippen molar-refractivity contribution in [1.29, 1.82) is 0 Å². The molecule has 1 aliphatic rings. The van der Waals surface area contributed by atoms with Gasteiger partial charge in [-0.05, 0) is 31.0 Å². The Balaban J connectivity index is 1.63. The average molecular weight is 280 g/mol. The van der Waals surface area contributed by atoms with Crippen LogP contribution in [0.3, 0.4) is 0 Å². The lowest BCUT2D eigenvalue weighted by Gasteiger charge is -2.22. The molecule has 0 spiro atoms. The van der Waals surface area contributed by atoms with Crippen molar-refractivity contribution in [3.8, 4) is 5.75 Å². The van der Waals surface area contributed by atoms with E-state index in [1.54, 1.807) is 18.2 Å². The van der Waals surface area contributed by atoms with Gasteiger partial charge in [-0.25, -0.2) is 4.79 Å². The van der Waals surface area contributed by atoms with Gasteiger partial charge in [0.15, 0.2) is 0 Å². The molecule has 0 atom stereocenters. The Morgan fingerprint density at radius 1 is 1.30 bits per heavy atom. The fraction of sp³-hybridized carbons (Fsp3) is 0.533. The SMILES string of the molecule is O=C(O)c1cccc(OCCCOC2CCOCC2)c1. The van der Waals surface area contributed by atoms with Gasteiger partial charge in [0.1, 0.15) is 5.75 Å². The molecular weight excluding hydrogens is 260 g/mol. The van der Waals surface area contributed by atoms with Crippen LogP contribution in [0.1, 0.15) is 29.6 Å². The molecule has 0 unspecified atom stereocenters. The van der Waals surface area contributed by atoms with Crippen molar-refractivity contribution in [2.75, 3.05) is 26.4 Å². The number of carboxylic acid groups (broad SMARTS) is 1. The number of ether oxygens (including phenoxy) is 3. The average Bonchev–Trinajstić information content (AvgIpc) is 2.48. The maximum atomic E-state index is 10.8. The largest absolute Gasteiger partial charge is 0.493 e. The number of aromatic carboxylic acids is 1. The maximum Gasteiger partial charge on any atom is 0.335 e. The third kappa shape index (κ3) is 4.83. The molecule has 110 valence electrons. The summed E-state index contributed by atoms with van der Waals surface area (Å²) in [6.07, 6.45) is 3.01. The van der Waals surface area contributed by atoms with Crippen LogP contribution in [-0.2, 0) is 9.47 Å². The second-order valence-electron chi connectivity index (χ2n) is 4.72. The summed E-state index contributed by atoms with van der Waals surface area (Å²) in [6.45, 7) is 2.74. The van der Waals surface area contributed by atoms with Crippen molar-refractivity contribution in [3.05, 3.63) is 29.8 Å². The minimum Gasteiger partial charge on any atom is -0.493 e. The summed E-state index contributed by atoms with van der Waals surface area (Å²) in [7, 11) is 0. The zero-order valence-electron chi connectivity index (χ0n) is 11.4. The van der Waals surface area contributed by atoms with Crippen molar-refractivity contribution < 1.29 is 24.1 Å². The monoisotopic (exact) mass is 280 g/mol. The van der Waals surface area contributed by atoms with E-state index in [0.29, 0.717) is 25.1 Å². The van der Waals surface area contributed by atoms with Crippen LogP contribution < -0.4 is 4.74 Å². The lowest BCUT2D eigenvalue weighted by atomic mass is 10.1. The molecule has 20 heavy (non-hydrogen) atoms. The van der Waals surface area contributed by atoms with Gasteiger partial charge in [0.05, 0.1) is 24.9 Å². The van der Waals surface area contributed by atoms with Gasteiger partial charge in [-0.15, -0.1) is 0 Å². The normalized spacial score (nSPS) is 16.0. The minimum absolute atomic E-state index is 0.237. The second kappa shape index (κ2) is 7.87. The molecular formula is C15H20O5. The van der Waals surface area contributed by atoms with E-state index in [4.69, 9.17) is 19.3 Å². The van der Waals surface area contributed by atoms with E-state index >= 15 is 0 Å². The molecule has 1 aromatic carbocycles. The molecule has 0 aliphatic carbocycles. The molecule has 5 heteroatoms. The van der Waals surface area contributed by atoms with E-state index < -0.39 is 5.97 Å². The summed E-state index contributed by atoms with van der Waals surface area (Å²) in [6, 6.07) is 6.51. The number of hydrogen-bond donors (Lipinski definition) is 1. The summed E-state index contributed by atoms with van der Waals surface area (Å²) in [5.41, 5.74) is 0.237. The molecule has 1 aromatic rings. The first-order chi connectivity index (χ1) is 9.75. The van der Waals surface area contributed by atoms with Crippen LogP contribution >= 0.6 is 0 Å². The van der Waals surface area contributed by atoms with Crippen LogP contribution in [0.5, 0.6) is 5.75 Å². The highest BCUT2D eigenvalue weighted by atomic mass is 16.5. The van der Waals surface area contributed by atoms with Gasteiger partial charge in [0.2, 0.25) is 0 Å². The van der Waals surface area contributed by atoms with Gasteiger partial charge < -0.3 is 19.3 Å². The Kier molecular flexibility index (Phi) is 5.83. The molecule has 1 heterocycles. The zero-order valence-corrected chi connectivity index (χ0v) is 11.4. The first-order valence-electron chi connectivity index (χ1n) is 6.91. The fourth-order valence-electron chi connectivity index (χ4n) is 2.06. The Bertz CT molecular complexity index is 426. The summed E-state index contributed by atoms with van der Waals surface area (Å²) in [5, 5.41) is 8.88. The molecule has 1 fully saturated rings. The van der Waals surface area contributed by atoms with Crippen LogP contribution in [0, 0.1) is 0 Å². The van der Waals surface area contributed by atoms with Crippen molar-refractivity contribution in [2.45, 2.75) is 25.4 Å². The van der Waals surface area contributed by atoms with Gasteiger partial charge in [0.25, 0.3) is 0 Å². The third-order valence-electron chi connectivity index (χ3n) is 3.16. The van der Waals surface area contributed by atoms with Gasteiger partial charge in [-0.2, -0.15) is 0 Å². The van der Waals surface area contributed by atoms with E-state index in [1.165, 1.54) is 6.07 Å². The fourth-order valence-corrected chi connectivity index (χ4v) is 2.06. The smallest absolute Gasteiger partial charge is 0.335 e. The number of carbonyl (C=O) groups is 1. The topological polar surface area (TPSA) is 65.0 Å². The van der Waals surface area contributed by atoms with Crippen molar-refractivity contribution >= 4 is 5.97 Å². The Morgan fingerprint density at radius 2 is 2.10 bits per heavy atom. The van der Waals surface area contributed by atoms with Gasteiger partial charge in [-0.3, -0.25) is 0 Å². The number of carboxylic acids is 1. The molecule has 1 aliphatic heterocycles. The van der Waals surface area contributed by atoms with Crippen LogP contribution in [0.2, 0.25) is 0 Å². The summed E-state index contributed by atoms with van der Waals surface area (Å²) in [4.78, 5) is 10.8. The lowest BCUT2D eigenvalue weighted by Crippen LogP contribution is -2.24. The molecule has 0 amide bonds. The highest BCUT2D eigenvalue weighted by molar-refractivity contribution is 5.87. The van der Waals surface area contributed by atoms with Gasteiger partial charge >= 0.3 is 5.97 Å². The molecule has 0 saturated carbocycles. The van der Waals surface area contributed by atoms with E-state index in [0.717, 1.165) is 32.5 Å². The van der Waals surface area contributed by atoms with Crippen LogP contribution in [0.25, 0.3) is 0 Å². The second-order valence-corrected chi connectivity index (χ2v) is 4.72. The lowest BCUT2D eigenvalue weighted by molar-refractivity contribution is -0.0341. The van der Waals surface area contributed by atoms with E-state index in [1.807, 2.05) is 0 Å². The summed E-state index contributed by atoms with van der Waals surface area (Å²) < 4.78 is 16.5. The predicted molar refractivity (Wildman–Crippen MR) is 73.3 cm³/mol. The molecule has 0 aromatic heterocycles. The molecule has 2 rings (SSSR count). The highest BCUT2D eigenvalue weighted by Gasteiger charge is 2.13. The quantitative estimate of drug-likeness (QED) is 0.777. The van der Waals surface area contributed by atoms with Crippen LogP contribution in [0.15, 0.2) is 24.3 Å². The summed E-state index contributed by atoms with van der Waals surface area (Å²) in [5.74, 6) is -0.366. The van der Waals surface area contributed by atoms with E-state index in [2.05, 4.69) is 0 Å². The van der Waals surface area contributed by atoms with E-state index in [-0.39, 0.29) is 5.56 Å². The number of rotatable bonds is 7. The predicted octanol–water partition coefficient (Wildman–Crippen LogP) is 2.35. The Hall–Kier alpha value is -1.59. The minimum atomic E-state index is -0.946. The molecule has 5 nitrogen and oxygen atoms in total. The molecule has 1 N–H and O–H groups in total. The van der Waals surface area contributed by atoms with Gasteiger partial charge in [0, 0.05) is 19.6 Å². The highest BCUT2D eigenvalue weighted by Crippen LogP contribution is 2.14. The van der Waals surface area contributed by atoms with Crippen molar-refractivity contribution in [2.24, 2.45) is 0 Å². The van der Waals surface area contributed by atoms with Crippen LogP contribution in [-0.4, -0.2) is 43.6 Å². The summed E-state index contributed by atoms with van der Waals surface area (Å²) >= 11 is 0.